The van der Waals surface area contributed by atoms with Crippen LogP contribution in [0.4, 0.5) is 8.78 Å². The first-order chi connectivity index (χ1) is 17.0. The van der Waals surface area contributed by atoms with Gasteiger partial charge < -0.3 is 4.57 Å². The molecule has 1 saturated carbocycles. The molecule has 0 spiro atoms. The number of alkyl halides is 2. The molecular weight excluding hydrogens is 482 g/mol. The highest BCUT2D eigenvalue weighted by Gasteiger charge is 2.44. The SMILES string of the molecule is CC[S@@](=N)(=O)c1cc(-c2ccc(C3(C#N)CC3)cc2)cnc1-c1nc2cc(C(C)(F)F)cnc2n1C. The van der Waals surface area contributed by atoms with Crippen LogP contribution in [0.3, 0.4) is 0 Å². The summed E-state index contributed by atoms with van der Waals surface area (Å²) in [5, 5.41) is 9.46. The third kappa shape index (κ3) is 3.93. The molecule has 10 heteroatoms. The van der Waals surface area contributed by atoms with Crippen molar-refractivity contribution in [3.05, 3.63) is 59.9 Å². The molecule has 5 rings (SSSR count). The minimum absolute atomic E-state index is 0.0726. The predicted octanol–water partition coefficient (Wildman–Crippen LogP) is 5.79. The van der Waals surface area contributed by atoms with Crippen LogP contribution in [-0.2, 0) is 28.1 Å². The van der Waals surface area contributed by atoms with Gasteiger partial charge in [-0.05, 0) is 36.1 Å². The Balaban J connectivity index is 1.63. The number of imidazole rings is 1. The van der Waals surface area contributed by atoms with Gasteiger partial charge in [-0.15, -0.1) is 0 Å². The van der Waals surface area contributed by atoms with E-state index in [1.54, 1.807) is 30.8 Å². The topological polar surface area (TPSA) is 108 Å². The van der Waals surface area contributed by atoms with Crippen molar-refractivity contribution in [1.29, 1.82) is 10.0 Å². The van der Waals surface area contributed by atoms with E-state index in [-0.39, 0.29) is 32.8 Å². The zero-order chi connectivity index (χ0) is 25.9. The van der Waals surface area contributed by atoms with Crippen molar-refractivity contribution in [2.24, 2.45) is 7.05 Å². The van der Waals surface area contributed by atoms with E-state index in [9.17, 15) is 18.3 Å². The molecular formula is C26H24F2N6OS. The zero-order valence-electron chi connectivity index (χ0n) is 20.0. The van der Waals surface area contributed by atoms with Gasteiger partial charge >= 0.3 is 0 Å². The average Bonchev–Trinajstić information content (AvgIpc) is 3.61. The fraction of sp³-hybridized carbons (Fsp3) is 0.308. The summed E-state index contributed by atoms with van der Waals surface area (Å²) < 4.78 is 51.1. The van der Waals surface area contributed by atoms with Gasteiger partial charge in [0.2, 0.25) is 0 Å². The van der Waals surface area contributed by atoms with Crippen molar-refractivity contribution in [3.8, 4) is 28.7 Å². The largest absolute Gasteiger partial charge is 0.310 e. The summed E-state index contributed by atoms with van der Waals surface area (Å²) in [6, 6.07) is 13.0. The van der Waals surface area contributed by atoms with E-state index in [1.807, 2.05) is 24.3 Å². The molecule has 4 aromatic rings. The van der Waals surface area contributed by atoms with Gasteiger partial charge in [-0.25, -0.2) is 27.7 Å². The summed E-state index contributed by atoms with van der Waals surface area (Å²) in [6.45, 7) is 2.47. The van der Waals surface area contributed by atoms with E-state index >= 15 is 0 Å². The van der Waals surface area contributed by atoms with Crippen molar-refractivity contribution >= 4 is 20.9 Å². The third-order valence-corrected chi connectivity index (χ3v) is 8.61. The second-order valence-electron chi connectivity index (χ2n) is 9.26. The van der Waals surface area contributed by atoms with Gasteiger partial charge in [-0.3, -0.25) is 4.98 Å². The molecule has 1 aliphatic rings. The van der Waals surface area contributed by atoms with Gasteiger partial charge in [-0.1, -0.05) is 31.2 Å². The Hall–Kier alpha value is -3.71. The number of fused-ring (bicyclic) bond motifs is 1. The first kappa shape index (κ1) is 24.0. The first-order valence-corrected chi connectivity index (χ1v) is 13.2. The molecule has 0 amide bonds. The van der Waals surface area contributed by atoms with Gasteiger partial charge in [0.15, 0.2) is 11.5 Å². The van der Waals surface area contributed by atoms with Crippen LogP contribution < -0.4 is 0 Å². The molecule has 1 N–H and O–H groups in total. The number of aryl methyl sites for hydroxylation is 1. The molecule has 1 atom stereocenters. The maximum Gasteiger partial charge on any atom is 0.272 e. The Morgan fingerprint density at radius 2 is 1.86 bits per heavy atom. The van der Waals surface area contributed by atoms with E-state index < -0.39 is 15.7 Å². The second kappa shape index (κ2) is 8.17. The minimum Gasteiger partial charge on any atom is -0.310 e. The van der Waals surface area contributed by atoms with Crippen LogP contribution in [0.1, 0.15) is 37.8 Å². The lowest BCUT2D eigenvalue weighted by Crippen LogP contribution is -2.08. The number of nitrogens with zero attached hydrogens (tertiary/aromatic N) is 5. The van der Waals surface area contributed by atoms with E-state index in [4.69, 9.17) is 4.78 Å². The second-order valence-corrected chi connectivity index (χ2v) is 11.6. The summed E-state index contributed by atoms with van der Waals surface area (Å²) in [7, 11) is -1.54. The van der Waals surface area contributed by atoms with Gasteiger partial charge in [0.1, 0.15) is 11.2 Å². The highest BCUT2D eigenvalue weighted by molar-refractivity contribution is 7.92. The lowest BCUT2D eigenvalue weighted by molar-refractivity contribution is 0.0172. The van der Waals surface area contributed by atoms with Crippen molar-refractivity contribution in [2.45, 2.75) is 42.9 Å². The van der Waals surface area contributed by atoms with Crippen LogP contribution in [0, 0.1) is 16.1 Å². The Bertz CT molecular complexity index is 1640. The summed E-state index contributed by atoms with van der Waals surface area (Å²) >= 11 is 0. The highest BCUT2D eigenvalue weighted by Crippen LogP contribution is 2.47. The molecule has 0 unspecified atom stereocenters. The smallest absolute Gasteiger partial charge is 0.272 e. The molecule has 7 nitrogen and oxygen atoms in total. The summed E-state index contributed by atoms with van der Waals surface area (Å²) in [5.41, 5.74) is 2.72. The van der Waals surface area contributed by atoms with Gasteiger partial charge in [0.25, 0.3) is 5.92 Å². The van der Waals surface area contributed by atoms with Crippen molar-refractivity contribution < 1.29 is 13.0 Å². The monoisotopic (exact) mass is 506 g/mol. The number of benzene rings is 1. The number of rotatable bonds is 6. The molecule has 1 aliphatic carbocycles. The van der Waals surface area contributed by atoms with Gasteiger partial charge in [0.05, 0.1) is 26.1 Å². The first-order valence-electron chi connectivity index (χ1n) is 11.5. The molecule has 184 valence electrons. The summed E-state index contributed by atoms with van der Waals surface area (Å²) in [5.74, 6) is -2.70. The Kier molecular flexibility index (Phi) is 5.45. The molecule has 3 aromatic heterocycles. The number of nitriles is 1. The highest BCUT2D eigenvalue weighted by atomic mass is 32.2. The van der Waals surface area contributed by atoms with Crippen LogP contribution in [-0.4, -0.2) is 29.5 Å². The maximum atomic E-state index is 13.8. The van der Waals surface area contributed by atoms with Crippen LogP contribution in [0.2, 0.25) is 0 Å². The van der Waals surface area contributed by atoms with E-state index in [0.29, 0.717) is 17.0 Å². The number of nitrogens with one attached hydrogen (secondary N) is 1. The Morgan fingerprint density at radius 3 is 2.44 bits per heavy atom. The number of halogens is 2. The summed E-state index contributed by atoms with van der Waals surface area (Å²) in [4.78, 5) is 13.4. The van der Waals surface area contributed by atoms with Crippen molar-refractivity contribution in [2.75, 3.05) is 5.75 Å². The molecule has 0 saturated heterocycles. The standard InChI is InChI=1S/C26H24F2N6OS/c1-4-36(30,35)21-11-17(16-5-7-18(8-6-16)26(15-29)9-10-26)13-31-22(21)24-33-20-12-19(25(2,27)28)14-32-23(20)34(24)3/h5-8,11-14,30H,4,9-10H2,1-3H3/t36-/m1/s1. The number of aromatic nitrogens is 4. The van der Waals surface area contributed by atoms with Crippen molar-refractivity contribution in [1.82, 2.24) is 19.5 Å². The average molecular weight is 507 g/mol. The van der Waals surface area contributed by atoms with Crippen LogP contribution in [0.15, 0.2) is 53.7 Å². The fourth-order valence-electron chi connectivity index (χ4n) is 4.28. The number of hydrogen-bond acceptors (Lipinski definition) is 6. The molecule has 1 aromatic carbocycles. The quantitative estimate of drug-likeness (QED) is 0.356. The van der Waals surface area contributed by atoms with Gasteiger partial charge in [-0.2, -0.15) is 5.26 Å². The zero-order valence-corrected chi connectivity index (χ0v) is 20.9. The van der Waals surface area contributed by atoms with E-state index in [1.165, 1.54) is 6.07 Å². The molecule has 3 heterocycles. The van der Waals surface area contributed by atoms with E-state index in [2.05, 4.69) is 21.0 Å². The van der Waals surface area contributed by atoms with Gasteiger partial charge in [0, 0.05) is 43.2 Å². The minimum atomic E-state index is -3.22. The lowest BCUT2D eigenvalue weighted by atomic mass is 9.95. The lowest BCUT2D eigenvalue weighted by Gasteiger charge is -2.13. The van der Waals surface area contributed by atoms with E-state index in [0.717, 1.165) is 37.1 Å². The van der Waals surface area contributed by atoms with Crippen LogP contribution in [0.25, 0.3) is 33.8 Å². The van der Waals surface area contributed by atoms with Crippen LogP contribution >= 0.6 is 0 Å². The molecule has 36 heavy (non-hydrogen) atoms. The van der Waals surface area contributed by atoms with Crippen LogP contribution in [0.5, 0.6) is 0 Å². The predicted molar refractivity (Wildman–Crippen MR) is 133 cm³/mol. The normalized spacial score (nSPS) is 16.4. The molecule has 0 aliphatic heterocycles. The third-order valence-electron chi connectivity index (χ3n) is 6.78. The number of pyridine rings is 2. The fourth-order valence-corrected chi connectivity index (χ4v) is 5.36. The molecule has 1 fully saturated rings. The molecule has 0 bridgehead atoms. The summed E-state index contributed by atoms with van der Waals surface area (Å²) in [6.07, 6.45) is 4.44. The molecule has 0 radical (unpaired) electrons. The number of hydrogen-bond donors (Lipinski definition) is 1. The Morgan fingerprint density at radius 1 is 1.17 bits per heavy atom. The Labute approximate surface area is 207 Å². The van der Waals surface area contributed by atoms with Crippen molar-refractivity contribution in [3.63, 3.8) is 0 Å². The maximum absolute atomic E-state index is 13.8.